The average molecular weight is 448 g/mol. The molecule has 0 aromatic carbocycles. The Balaban J connectivity index is 0.00000280. The maximum absolute atomic E-state index is 12.6. The number of sulfonamides is 1. The zero-order valence-electron chi connectivity index (χ0n) is 16.0. The first-order valence-corrected chi connectivity index (χ1v) is 11.3. The van der Waals surface area contributed by atoms with Crippen molar-refractivity contribution < 1.29 is 13.2 Å². The van der Waals surface area contributed by atoms with Crippen LogP contribution in [0.5, 0.6) is 0 Å². The molecule has 2 aromatic heterocycles. The molecule has 1 aliphatic heterocycles. The number of thiophene rings is 1. The predicted octanol–water partition coefficient (Wildman–Crippen LogP) is 2.01. The first kappa shape index (κ1) is 23.1. The Morgan fingerprint density at radius 3 is 2.68 bits per heavy atom. The quantitative estimate of drug-likeness (QED) is 0.677. The second-order valence-corrected chi connectivity index (χ2v) is 9.56. The van der Waals surface area contributed by atoms with Gasteiger partial charge in [0.15, 0.2) is 0 Å². The number of hydrogen-bond acceptors (Lipinski definition) is 6. The Labute approximate surface area is 175 Å². The summed E-state index contributed by atoms with van der Waals surface area (Å²) in [5.41, 5.74) is 2.21. The van der Waals surface area contributed by atoms with Crippen molar-refractivity contribution in [3.63, 3.8) is 0 Å². The topological polar surface area (TPSA) is 91.5 Å². The van der Waals surface area contributed by atoms with Crippen molar-refractivity contribution in [2.75, 3.05) is 39.4 Å². The SMILES string of the molecule is CCc1cc(-c2ccc(S(=O)(=O)NCCN3CCOCC3)s2)c(C)[nH]c1=O.Cl. The Morgan fingerprint density at radius 1 is 1.29 bits per heavy atom. The maximum Gasteiger partial charge on any atom is 0.251 e. The number of pyridine rings is 1. The molecule has 1 fully saturated rings. The van der Waals surface area contributed by atoms with Crippen LogP contribution in [0.25, 0.3) is 10.4 Å². The number of hydrogen-bond donors (Lipinski definition) is 2. The van der Waals surface area contributed by atoms with Gasteiger partial charge in [0, 0.05) is 47.9 Å². The first-order valence-electron chi connectivity index (χ1n) is 9.03. The second kappa shape index (κ2) is 10.00. The van der Waals surface area contributed by atoms with Gasteiger partial charge in [0.2, 0.25) is 10.0 Å². The Hall–Kier alpha value is -1.23. The third-order valence-electron chi connectivity index (χ3n) is 4.63. The van der Waals surface area contributed by atoms with E-state index in [1.807, 2.05) is 19.9 Å². The number of rotatable bonds is 7. The highest BCUT2D eigenvalue weighted by Gasteiger charge is 2.19. The third kappa shape index (κ3) is 5.43. The van der Waals surface area contributed by atoms with Crippen LogP contribution in [0.15, 0.2) is 27.2 Å². The lowest BCUT2D eigenvalue weighted by Gasteiger charge is -2.26. The van der Waals surface area contributed by atoms with Crippen LogP contribution in [0.3, 0.4) is 0 Å². The molecule has 3 rings (SSSR count). The molecular formula is C18H26ClN3O4S2. The highest BCUT2D eigenvalue weighted by molar-refractivity contribution is 7.91. The molecule has 0 atom stereocenters. The van der Waals surface area contributed by atoms with Crippen molar-refractivity contribution in [1.82, 2.24) is 14.6 Å². The van der Waals surface area contributed by atoms with Gasteiger partial charge in [-0.15, -0.1) is 23.7 Å². The minimum Gasteiger partial charge on any atom is -0.379 e. The molecule has 2 N–H and O–H groups in total. The van der Waals surface area contributed by atoms with Gasteiger partial charge >= 0.3 is 0 Å². The standard InChI is InChI=1S/C18H25N3O4S2.ClH/c1-3-14-12-15(13(2)20-18(14)22)16-4-5-17(26-16)27(23,24)19-6-7-21-8-10-25-11-9-21;/h4-5,12,19H,3,6-11H2,1-2H3,(H,20,22);1H. The van der Waals surface area contributed by atoms with E-state index in [0.717, 1.165) is 29.2 Å². The monoisotopic (exact) mass is 447 g/mol. The minimum absolute atomic E-state index is 0. The lowest BCUT2D eigenvalue weighted by molar-refractivity contribution is 0.0390. The molecule has 1 aliphatic rings. The van der Waals surface area contributed by atoms with E-state index in [9.17, 15) is 13.2 Å². The highest BCUT2D eigenvalue weighted by Crippen LogP contribution is 2.32. The lowest BCUT2D eigenvalue weighted by Crippen LogP contribution is -2.41. The van der Waals surface area contributed by atoms with Gasteiger partial charge in [-0.05, 0) is 31.5 Å². The van der Waals surface area contributed by atoms with Gasteiger partial charge in [-0.3, -0.25) is 9.69 Å². The van der Waals surface area contributed by atoms with Gasteiger partial charge in [-0.25, -0.2) is 13.1 Å². The summed E-state index contributed by atoms with van der Waals surface area (Å²) < 4.78 is 33.4. The first-order chi connectivity index (χ1) is 12.9. The number of nitrogens with one attached hydrogen (secondary N) is 2. The summed E-state index contributed by atoms with van der Waals surface area (Å²) in [4.78, 5) is 17.8. The molecule has 28 heavy (non-hydrogen) atoms. The van der Waals surface area contributed by atoms with Gasteiger partial charge in [-0.1, -0.05) is 6.92 Å². The maximum atomic E-state index is 12.6. The van der Waals surface area contributed by atoms with E-state index < -0.39 is 10.0 Å². The molecule has 0 saturated carbocycles. The van der Waals surface area contributed by atoms with Crippen molar-refractivity contribution in [2.24, 2.45) is 0 Å². The Kier molecular flexibility index (Phi) is 8.23. The van der Waals surface area contributed by atoms with Crippen molar-refractivity contribution in [1.29, 1.82) is 0 Å². The number of morpholine rings is 1. The molecule has 0 bridgehead atoms. The smallest absolute Gasteiger partial charge is 0.251 e. The van der Waals surface area contributed by atoms with E-state index in [-0.39, 0.29) is 22.2 Å². The van der Waals surface area contributed by atoms with E-state index in [2.05, 4.69) is 14.6 Å². The normalized spacial score (nSPS) is 15.4. The third-order valence-corrected chi connectivity index (χ3v) is 7.70. The molecule has 7 nitrogen and oxygen atoms in total. The summed E-state index contributed by atoms with van der Waals surface area (Å²) >= 11 is 1.21. The fourth-order valence-electron chi connectivity index (χ4n) is 3.03. The summed E-state index contributed by atoms with van der Waals surface area (Å²) in [6.07, 6.45) is 0.627. The molecule has 3 heterocycles. The number of aromatic nitrogens is 1. The van der Waals surface area contributed by atoms with E-state index >= 15 is 0 Å². The van der Waals surface area contributed by atoms with Crippen LogP contribution in [0.1, 0.15) is 18.2 Å². The summed E-state index contributed by atoms with van der Waals surface area (Å²) in [5.74, 6) is 0. The van der Waals surface area contributed by atoms with Crippen molar-refractivity contribution >= 4 is 33.8 Å². The molecule has 156 valence electrons. The van der Waals surface area contributed by atoms with E-state index in [4.69, 9.17) is 4.74 Å². The Morgan fingerprint density at radius 2 is 2.00 bits per heavy atom. The predicted molar refractivity (Wildman–Crippen MR) is 114 cm³/mol. The van der Waals surface area contributed by atoms with E-state index in [1.165, 1.54) is 11.3 Å². The van der Waals surface area contributed by atoms with Gasteiger partial charge in [0.1, 0.15) is 4.21 Å². The van der Waals surface area contributed by atoms with Gasteiger partial charge in [0.25, 0.3) is 5.56 Å². The van der Waals surface area contributed by atoms with Crippen LogP contribution in [0.2, 0.25) is 0 Å². The summed E-state index contributed by atoms with van der Waals surface area (Å²) in [5, 5.41) is 0. The number of H-pyrrole nitrogens is 1. The van der Waals surface area contributed by atoms with E-state index in [1.54, 1.807) is 12.1 Å². The minimum atomic E-state index is -3.55. The summed E-state index contributed by atoms with van der Waals surface area (Å²) in [6.45, 7) is 7.83. The summed E-state index contributed by atoms with van der Waals surface area (Å²) in [6, 6.07) is 5.26. The molecule has 1 saturated heterocycles. The fraction of sp³-hybridized carbons (Fsp3) is 0.500. The fourth-order valence-corrected chi connectivity index (χ4v) is 5.47. The number of aromatic amines is 1. The molecule has 0 unspecified atom stereocenters. The molecule has 0 radical (unpaired) electrons. The zero-order chi connectivity index (χ0) is 19.4. The molecule has 0 spiro atoms. The highest BCUT2D eigenvalue weighted by atomic mass is 35.5. The van der Waals surface area contributed by atoms with Crippen LogP contribution in [0.4, 0.5) is 0 Å². The molecule has 10 heteroatoms. The van der Waals surface area contributed by atoms with Crippen molar-refractivity contribution in [2.45, 2.75) is 24.5 Å². The van der Waals surface area contributed by atoms with Crippen LogP contribution < -0.4 is 10.3 Å². The Bertz CT molecular complexity index is 950. The van der Waals surface area contributed by atoms with Crippen LogP contribution in [-0.2, 0) is 21.2 Å². The molecular weight excluding hydrogens is 422 g/mol. The van der Waals surface area contributed by atoms with Crippen LogP contribution >= 0.6 is 23.7 Å². The van der Waals surface area contributed by atoms with Gasteiger partial charge in [0.05, 0.1) is 13.2 Å². The average Bonchev–Trinajstić information content (AvgIpc) is 3.13. The molecule has 0 amide bonds. The zero-order valence-corrected chi connectivity index (χ0v) is 18.4. The van der Waals surface area contributed by atoms with Gasteiger partial charge in [-0.2, -0.15) is 0 Å². The lowest BCUT2D eigenvalue weighted by atomic mass is 10.1. The second-order valence-electron chi connectivity index (χ2n) is 6.49. The summed E-state index contributed by atoms with van der Waals surface area (Å²) in [7, 11) is -3.55. The van der Waals surface area contributed by atoms with Crippen LogP contribution in [0, 0.1) is 6.92 Å². The molecule has 0 aliphatic carbocycles. The van der Waals surface area contributed by atoms with Crippen LogP contribution in [-0.4, -0.2) is 57.7 Å². The van der Waals surface area contributed by atoms with Crippen molar-refractivity contribution in [3.8, 4) is 10.4 Å². The number of ether oxygens (including phenoxy) is 1. The number of aryl methyl sites for hydroxylation is 2. The number of halogens is 1. The largest absolute Gasteiger partial charge is 0.379 e. The van der Waals surface area contributed by atoms with Gasteiger partial charge < -0.3 is 9.72 Å². The van der Waals surface area contributed by atoms with E-state index in [0.29, 0.717) is 38.3 Å². The number of nitrogens with zero attached hydrogens (tertiary/aromatic N) is 1. The molecule has 2 aromatic rings. The van der Waals surface area contributed by atoms with Crippen molar-refractivity contribution in [3.05, 3.63) is 39.8 Å².